The molecule has 0 aliphatic rings. The fourth-order valence-electron chi connectivity index (χ4n) is 3.70. The molecule has 12 heteroatoms. The molecule has 3 aromatic rings. The van der Waals surface area contributed by atoms with Crippen molar-refractivity contribution >= 4 is 27.5 Å². The summed E-state index contributed by atoms with van der Waals surface area (Å²) in [6, 6.07) is 13.4. The minimum atomic E-state index is -3.79. The zero-order valence-electron chi connectivity index (χ0n) is 19.7. The van der Waals surface area contributed by atoms with Gasteiger partial charge >= 0.3 is 11.9 Å². The Labute approximate surface area is 212 Å². The van der Waals surface area contributed by atoms with E-state index in [0.717, 1.165) is 6.26 Å². The van der Waals surface area contributed by atoms with E-state index in [1.165, 1.54) is 30.3 Å². The third-order valence-corrected chi connectivity index (χ3v) is 6.66. The van der Waals surface area contributed by atoms with Crippen molar-refractivity contribution in [2.75, 3.05) is 31.7 Å². The maximum atomic E-state index is 11.9. The quantitative estimate of drug-likeness (QED) is 0.157. The Balaban J connectivity index is 1.55. The number of carbonyl (C=O) groups is 2. The SMILES string of the molecule is CS(=O)(=O)c1c(O)ccc([C@@H](O)CNCCOc2ccc(-c3ccc(C(=O)O)c(C(=O)O)c3)cc2)c1N. The number of hydrogen-bond acceptors (Lipinski definition) is 9. The number of sulfone groups is 1. The number of carboxylic acid groups (broad SMARTS) is 2. The third-order valence-electron chi connectivity index (χ3n) is 5.49. The van der Waals surface area contributed by atoms with Gasteiger partial charge in [-0.05, 0) is 41.5 Å². The summed E-state index contributed by atoms with van der Waals surface area (Å²) in [5, 5.41) is 41.6. The van der Waals surface area contributed by atoms with Crippen LogP contribution in [0.4, 0.5) is 5.69 Å². The zero-order valence-corrected chi connectivity index (χ0v) is 20.5. The summed E-state index contributed by atoms with van der Waals surface area (Å²) in [7, 11) is -3.79. The molecule has 0 bridgehead atoms. The number of anilines is 1. The monoisotopic (exact) mass is 530 g/mol. The average molecular weight is 531 g/mol. The Morgan fingerprint density at radius 1 is 0.973 bits per heavy atom. The van der Waals surface area contributed by atoms with Gasteiger partial charge in [0.15, 0.2) is 9.84 Å². The maximum Gasteiger partial charge on any atom is 0.336 e. The summed E-state index contributed by atoms with van der Waals surface area (Å²) < 4.78 is 29.4. The normalized spacial score (nSPS) is 12.2. The highest BCUT2D eigenvalue weighted by atomic mass is 32.2. The molecule has 0 unspecified atom stereocenters. The molecule has 0 saturated carbocycles. The van der Waals surface area contributed by atoms with Gasteiger partial charge in [-0.15, -0.1) is 0 Å². The minimum Gasteiger partial charge on any atom is -0.507 e. The first-order valence-electron chi connectivity index (χ1n) is 10.9. The lowest BCUT2D eigenvalue weighted by atomic mass is 9.99. The Morgan fingerprint density at radius 2 is 1.59 bits per heavy atom. The lowest BCUT2D eigenvalue weighted by Crippen LogP contribution is -2.26. The van der Waals surface area contributed by atoms with E-state index >= 15 is 0 Å². The van der Waals surface area contributed by atoms with Gasteiger partial charge in [0.1, 0.15) is 23.0 Å². The predicted molar refractivity (Wildman–Crippen MR) is 135 cm³/mol. The first kappa shape index (κ1) is 27.5. The first-order valence-corrected chi connectivity index (χ1v) is 12.8. The van der Waals surface area contributed by atoms with Crippen molar-refractivity contribution in [1.82, 2.24) is 5.32 Å². The Hall–Kier alpha value is -4.13. The van der Waals surface area contributed by atoms with E-state index in [4.69, 9.17) is 15.6 Å². The Bertz CT molecular complexity index is 1420. The summed E-state index contributed by atoms with van der Waals surface area (Å²) in [6.07, 6.45) is -0.206. The lowest BCUT2D eigenvalue weighted by molar-refractivity contribution is 0.0651. The molecule has 3 aromatic carbocycles. The van der Waals surface area contributed by atoms with E-state index < -0.39 is 38.5 Å². The fourth-order valence-corrected chi connectivity index (χ4v) is 4.67. The van der Waals surface area contributed by atoms with Crippen molar-refractivity contribution in [2.45, 2.75) is 11.0 Å². The van der Waals surface area contributed by atoms with E-state index in [9.17, 15) is 33.3 Å². The highest BCUT2D eigenvalue weighted by Gasteiger charge is 2.22. The van der Waals surface area contributed by atoms with Gasteiger partial charge in [0, 0.05) is 24.9 Å². The molecule has 0 amide bonds. The van der Waals surface area contributed by atoms with Crippen LogP contribution in [-0.4, -0.2) is 66.7 Å². The van der Waals surface area contributed by atoms with Gasteiger partial charge in [-0.3, -0.25) is 0 Å². The molecule has 0 radical (unpaired) electrons. The molecule has 0 aromatic heterocycles. The molecule has 0 fully saturated rings. The zero-order chi connectivity index (χ0) is 27.3. The van der Waals surface area contributed by atoms with Gasteiger partial charge in [0.05, 0.1) is 22.9 Å². The standard InChI is InChI=1S/C25H26N2O9S/c1-37(34,35)23-20(28)9-8-18(22(23)26)21(29)13-27-10-11-36-16-5-2-14(3-6-16)15-4-7-17(24(30)31)19(12-15)25(32)33/h2-9,12,21,27-29H,10-11,13,26H2,1H3,(H,30,31)(H,32,33)/t21-/m0/s1. The van der Waals surface area contributed by atoms with Crippen LogP contribution in [0.1, 0.15) is 32.4 Å². The van der Waals surface area contributed by atoms with E-state index in [2.05, 4.69) is 5.32 Å². The van der Waals surface area contributed by atoms with Gasteiger partial charge in [0.25, 0.3) is 0 Å². The van der Waals surface area contributed by atoms with Crippen LogP contribution in [0.15, 0.2) is 59.5 Å². The van der Waals surface area contributed by atoms with Crippen molar-refractivity contribution in [2.24, 2.45) is 0 Å². The number of aliphatic hydroxyl groups excluding tert-OH is 1. The first-order chi connectivity index (χ1) is 17.4. The number of nitrogens with two attached hydrogens (primary N) is 1. The van der Waals surface area contributed by atoms with Gasteiger partial charge < -0.3 is 36.2 Å². The second-order valence-electron chi connectivity index (χ2n) is 8.15. The number of aromatic carboxylic acids is 2. The largest absolute Gasteiger partial charge is 0.507 e. The molecule has 0 saturated heterocycles. The number of aromatic hydroxyl groups is 1. The summed E-state index contributed by atoms with van der Waals surface area (Å²) in [5.41, 5.74) is 6.45. The fraction of sp³-hybridized carbons (Fsp3) is 0.200. The lowest BCUT2D eigenvalue weighted by Gasteiger charge is -2.17. The van der Waals surface area contributed by atoms with Crippen molar-refractivity contribution in [3.05, 3.63) is 71.3 Å². The number of hydrogen-bond donors (Lipinski definition) is 6. The molecule has 7 N–H and O–H groups in total. The number of phenols is 1. The number of aliphatic hydroxyl groups is 1. The molecule has 0 spiro atoms. The Kier molecular flexibility index (Phi) is 8.38. The predicted octanol–water partition coefficient (Wildman–Crippen LogP) is 2.14. The van der Waals surface area contributed by atoms with Gasteiger partial charge in [-0.2, -0.15) is 0 Å². The number of phenolic OH excluding ortho intramolecular Hbond substituents is 1. The molecular weight excluding hydrogens is 504 g/mol. The van der Waals surface area contributed by atoms with E-state index in [1.54, 1.807) is 24.3 Å². The van der Waals surface area contributed by atoms with Gasteiger partial charge in [0.2, 0.25) is 0 Å². The average Bonchev–Trinajstić information content (AvgIpc) is 2.82. The molecule has 11 nitrogen and oxygen atoms in total. The smallest absolute Gasteiger partial charge is 0.336 e. The van der Waals surface area contributed by atoms with Crippen LogP contribution < -0.4 is 15.8 Å². The molecule has 196 valence electrons. The van der Waals surface area contributed by atoms with Crippen LogP contribution in [0, 0.1) is 0 Å². The topological polar surface area (TPSA) is 196 Å². The number of rotatable bonds is 11. The van der Waals surface area contributed by atoms with Crippen molar-refractivity contribution in [3.8, 4) is 22.6 Å². The molecular formula is C25H26N2O9S. The molecule has 0 aliphatic heterocycles. The summed E-state index contributed by atoms with van der Waals surface area (Å²) in [6.45, 7) is 0.634. The molecule has 3 rings (SSSR count). The third kappa shape index (κ3) is 6.55. The second kappa shape index (κ2) is 11.3. The highest BCUT2D eigenvalue weighted by molar-refractivity contribution is 7.91. The van der Waals surface area contributed by atoms with E-state index in [1.807, 2.05) is 0 Å². The number of ether oxygens (including phenoxy) is 1. The van der Waals surface area contributed by atoms with Crippen molar-refractivity contribution in [1.29, 1.82) is 0 Å². The number of nitrogen functional groups attached to an aromatic ring is 1. The van der Waals surface area contributed by atoms with Crippen LogP contribution in [0.3, 0.4) is 0 Å². The minimum absolute atomic E-state index is 0.0543. The van der Waals surface area contributed by atoms with Crippen LogP contribution in [0.25, 0.3) is 11.1 Å². The molecule has 1 atom stereocenters. The van der Waals surface area contributed by atoms with Crippen LogP contribution in [0.2, 0.25) is 0 Å². The van der Waals surface area contributed by atoms with Crippen LogP contribution >= 0.6 is 0 Å². The van der Waals surface area contributed by atoms with Crippen LogP contribution in [0.5, 0.6) is 11.5 Å². The van der Waals surface area contributed by atoms with Gasteiger partial charge in [-0.1, -0.05) is 24.3 Å². The summed E-state index contributed by atoms with van der Waals surface area (Å²) in [5.74, 6) is -2.60. The number of carboxylic acids is 2. The maximum absolute atomic E-state index is 11.9. The summed E-state index contributed by atoms with van der Waals surface area (Å²) >= 11 is 0. The Morgan fingerprint density at radius 3 is 2.19 bits per heavy atom. The van der Waals surface area contributed by atoms with E-state index in [0.29, 0.717) is 23.4 Å². The molecule has 0 aliphatic carbocycles. The van der Waals surface area contributed by atoms with Crippen molar-refractivity contribution in [3.63, 3.8) is 0 Å². The van der Waals surface area contributed by atoms with Crippen LogP contribution in [-0.2, 0) is 9.84 Å². The van der Waals surface area contributed by atoms with Gasteiger partial charge in [-0.25, -0.2) is 18.0 Å². The molecule has 37 heavy (non-hydrogen) atoms. The molecule has 0 heterocycles. The number of nitrogens with one attached hydrogen (secondary N) is 1. The highest BCUT2D eigenvalue weighted by Crippen LogP contribution is 2.34. The number of benzene rings is 3. The van der Waals surface area contributed by atoms with Crippen molar-refractivity contribution < 1.29 is 43.2 Å². The van der Waals surface area contributed by atoms with E-state index in [-0.39, 0.29) is 35.5 Å². The second-order valence-corrected chi connectivity index (χ2v) is 10.1. The summed E-state index contributed by atoms with van der Waals surface area (Å²) in [4.78, 5) is 22.2.